The van der Waals surface area contributed by atoms with E-state index < -0.39 is 0 Å². The molecule has 0 amide bonds. The van der Waals surface area contributed by atoms with Crippen LogP contribution in [-0.4, -0.2) is 23.4 Å². The molecule has 1 aromatic carbocycles. The molecule has 0 spiro atoms. The smallest absolute Gasteiger partial charge is 0.0841 e. The lowest BCUT2D eigenvalue weighted by Gasteiger charge is -2.08. The molecule has 0 saturated heterocycles. The molecule has 1 aliphatic heterocycles. The molecule has 15 heavy (non-hydrogen) atoms. The Labute approximate surface area is 97.4 Å². The Bertz CT molecular complexity index is 346. The van der Waals surface area contributed by atoms with Crippen molar-refractivity contribution < 1.29 is 10.2 Å². The second kappa shape index (κ2) is 5.07. The van der Waals surface area contributed by atoms with Crippen LogP contribution in [0, 0.1) is 0 Å². The zero-order valence-electron chi connectivity index (χ0n) is 8.09. The standard InChI is InChI=1S/C11H12O2S2/c12-6-9-10(7-13)15-11(14-9)8-4-2-1-3-5-8/h1-5,11-13H,6-7H2. The number of aliphatic hydroxyl groups is 2. The second-order valence-electron chi connectivity index (χ2n) is 3.14. The van der Waals surface area contributed by atoms with E-state index in [4.69, 9.17) is 10.2 Å². The van der Waals surface area contributed by atoms with Gasteiger partial charge in [0, 0.05) is 9.81 Å². The first-order valence-corrected chi connectivity index (χ1v) is 6.43. The lowest BCUT2D eigenvalue weighted by Crippen LogP contribution is -1.89. The van der Waals surface area contributed by atoms with Crippen molar-refractivity contribution in [2.75, 3.05) is 13.2 Å². The van der Waals surface area contributed by atoms with Gasteiger partial charge in [-0.05, 0) is 5.56 Å². The average Bonchev–Trinajstić information content (AvgIpc) is 2.73. The van der Waals surface area contributed by atoms with E-state index in [9.17, 15) is 0 Å². The Balaban J connectivity index is 2.13. The number of aliphatic hydroxyl groups excluding tert-OH is 2. The molecule has 1 aliphatic rings. The fraction of sp³-hybridized carbons (Fsp3) is 0.273. The maximum atomic E-state index is 9.13. The lowest BCUT2D eigenvalue weighted by atomic mass is 10.2. The molecular weight excluding hydrogens is 228 g/mol. The minimum atomic E-state index is 0.0247. The number of rotatable bonds is 3. The molecule has 2 N–H and O–H groups in total. The van der Waals surface area contributed by atoms with Gasteiger partial charge in [-0.1, -0.05) is 30.3 Å². The van der Waals surface area contributed by atoms with Crippen LogP contribution in [0.3, 0.4) is 0 Å². The summed E-state index contributed by atoms with van der Waals surface area (Å²) in [4.78, 5) is 1.80. The first-order chi connectivity index (χ1) is 7.35. The van der Waals surface area contributed by atoms with Crippen LogP contribution in [0.5, 0.6) is 0 Å². The van der Waals surface area contributed by atoms with Crippen molar-refractivity contribution in [1.29, 1.82) is 0 Å². The zero-order valence-corrected chi connectivity index (χ0v) is 9.72. The van der Waals surface area contributed by atoms with Gasteiger partial charge in [-0.15, -0.1) is 23.5 Å². The predicted molar refractivity (Wildman–Crippen MR) is 65.6 cm³/mol. The Morgan fingerprint density at radius 1 is 0.933 bits per heavy atom. The van der Waals surface area contributed by atoms with Gasteiger partial charge in [-0.3, -0.25) is 0 Å². The van der Waals surface area contributed by atoms with Gasteiger partial charge in [-0.2, -0.15) is 0 Å². The molecular formula is C11H12O2S2. The fourth-order valence-corrected chi connectivity index (χ4v) is 4.23. The Kier molecular flexibility index (Phi) is 3.75. The quantitative estimate of drug-likeness (QED) is 0.851. The number of thioether (sulfide) groups is 2. The first kappa shape index (κ1) is 11.1. The van der Waals surface area contributed by atoms with Crippen LogP contribution in [-0.2, 0) is 0 Å². The van der Waals surface area contributed by atoms with Crippen LogP contribution in [0.4, 0.5) is 0 Å². The highest BCUT2D eigenvalue weighted by molar-refractivity contribution is 8.22. The van der Waals surface area contributed by atoms with Crippen LogP contribution >= 0.6 is 23.5 Å². The van der Waals surface area contributed by atoms with Crippen LogP contribution in [0.2, 0.25) is 0 Å². The summed E-state index contributed by atoms with van der Waals surface area (Å²) < 4.78 is 0.274. The van der Waals surface area contributed by atoms with Gasteiger partial charge >= 0.3 is 0 Å². The molecule has 0 saturated carbocycles. The van der Waals surface area contributed by atoms with Gasteiger partial charge in [0.15, 0.2) is 0 Å². The lowest BCUT2D eigenvalue weighted by molar-refractivity contribution is 0.324. The van der Waals surface area contributed by atoms with Gasteiger partial charge in [-0.25, -0.2) is 0 Å². The van der Waals surface area contributed by atoms with Crippen LogP contribution in [0.25, 0.3) is 0 Å². The van der Waals surface area contributed by atoms with E-state index in [0.29, 0.717) is 0 Å². The third-order valence-electron chi connectivity index (χ3n) is 2.17. The van der Waals surface area contributed by atoms with Crippen LogP contribution in [0.15, 0.2) is 40.1 Å². The number of benzene rings is 1. The molecule has 0 bridgehead atoms. The Hall–Kier alpha value is -0.420. The highest BCUT2D eigenvalue weighted by Crippen LogP contribution is 2.54. The summed E-state index contributed by atoms with van der Waals surface area (Å²) in [5.41, 5.74) is 1.22. The topological polar surface area (TPSA) is 40.5 Å². The molecule has 0 aliphatic carbocycles. The van der Waals surface area contributed by atoms with Crippen molar-refractivity contribution in [2.24, 2.45) is 0 Å². The van der Waals surface area contributed by atoms with Gasteiger partial charge < -0.3 is 10.2 Å². The molecule has 2 nitrogen and oxygen atoms in total. The van der Waals surface area contributed by atoms with Crippen LogP contribution < -0.4 is 0 Å². The zero-order chi connectivity index (χ0) is 10.7. The van der Waals surface area contributed by atoms with Crippen molar-refractivity contribution >= 4 is 23.5 Å². The Morgan fingerprint density at radius 2 is 1.47 bits per heavy atom. The van der Waals surface area contributed by atoms with Gasteiger partial charge in [0.1, 0.15) is 0 Å². The van der Waals surface area contributed by atoms with Gasteiger partial charge in [0.05, 0.1) is 17.8 Å². The van der Waals surface area contributed by atoms with Crippen molar-refractivity contribution in [3.8, 4) is 0 Å². The fourth-order valence-electron chi connectivity index (χ4n) is 1.41. The molecule has 0 atom stereocenters. The van der Waals surface area contributed by atoms with E-state index in [2.05, 4.69) is 12.1 Å². The normalized spacial score (nSPS) is 17.5. The summed E-state index contributed by atoms with van der Waals surface area (Å²) in [5, 5.41) is 18.3. The van der Waals surface area contributed by atoms with E-state index in [1.165, 1.54) is 5.56 Å². The third-order valence-corrected chi connectivity index (χ3v) is 5.17. The molecule has 4 heteroatoms. The molecule has 0 unspecified atom stereocenters. The predicted octanol–water partition coefficient (Wildman–Crippen LogP) is 2.36. The molecule has 1 heterocycles. The van der Waals surface area contributed by atoms with E-state index in [-0.39, 0.29) is 17.8 Å². The number of hydrogen-bond donors (Lipinski definition) is 2. The van der Waals surface area contributed by atoms with E-state index >= 15 is 0 Å². The highest BCUT2D eigenvalue weighted by Gasteiger charge is 2.25. The SMILES string of the molecule is OCC1=C(CO)SC(c2ccccc2)S1. The molecule has 1 aromatic rings. The van der Waals surface area contributed by atoms with E-state index in [1.807, 2.05) is 18.2 Å². The minimum Gasteiger partial charge on any atom is -0.391 e. The third kappa shape index (κ3) is 2.39. The minimum absolute atomic E-state index is 0.0247. The van der Waals surface area contributed by atoms with Crippen LogP contribution in [0.1, 0.15) is 10.1 Å². The summed E-state index contributed by atoms with van der Waals surface area (Å²) >= 11 is 3.26. The van der Waals surface area contributed by atoms with E-state index in [1.54, 1.807) is 23.5 Å². The summed E-state index contributed by atoms with van der Waals surface area (Å²) in [6, 6.07) is 10.1. The summed E-state index contributed by atoms with van der Waals surface area (Å²) in [5.74, 6) is 0. The van der Waals surface area contributed by atoms with Crippen molar-refractivity contribution in [3.05, 3.63) is 45.7 Å². The van der Waals surface area contributed by atoms with E-state index in [0.717, 1.165) is 9.81 Å². The summed E-state index contributed by atoms with van der Waals surface area (Å²) in [6.07, 6.45) is 0. The highest BCUT2D eigenvalue weighted by atomic mass is 32.2. The molecule has 0 fully saturated rings. The maximum absolute atomic E-state index is 9.13. The molecule has 0 aromatic heterocycles. The van der Waals surface area contributed by atoms with Gasteiger partial charge in [0.2, 0.25) is 0 Å². The van der Waals surface area contributed by atoms with Crippen molar-refractivity contribution in [2.45, 2.75) is 4.58 Å². The maximum Gasteiger partial charge on any atom is 0.0841 e. The first-order valence-electron chi connectivity index (χ1n) is 4.67. The largest absolute Gasteiger partial charge is 0.391 e. The summed E-state index contributed by atoms with van der Waals surface area (Å²) in [7, 11) is 0. The van der Waals surface area contributed by atoms with Crippen molar-refractivity contribution in [3.63, 3.8) is 0 Å². The summed E-state index contributed by atoms with van der Waals surface area (Å²) in [6.45, 7) is 0.0494. The van der Waals surface area contributed by atoms with Gasteiger partial charge in [0.25, 0.3) is 0 Å². The average molecular weight is 240 g/mol. The Morgan fingerprint density at radius 3 is 1.93 bits per heavy atom. The molecule has 2 rings (SSSR count). The monoisotopic (exact) mass is 240 g/mol. The second-order valence-corrected chi connectivity index (χ2v) is 5.84. The molecule has 0 radical (unpaired) electrons. The van der Waals surface area contributed by atoms with Crippen molar-refractivity contribution in [1.82, 2.24) is 0 Å². The molecule has 80 valence electrons. The number of hydrogen-bond acceptors (Lipinski definition) is 4.